The first-order chi connectivity index (χ1) is 5.91. The first-order valence-corrected chi connectivity index (χ1v) is 4.10. The third-order valence-corrected chi connectivity index (χ3v) is 1.84. The van der Waals surface area contributed by atoms with Crippen LogP contribution in [-0.2, 0) is 17.3 Å². The fraction of sp³-hybridized carbons (Fsp3) is 0.167. The lowest BCUT2D eigenvalue weighted by atomic mass is 10.3. The predicted octanol–water partition coefficient (Wildman–Crippen LogP) is 1.34. The minimum Gasteiger partial charge on any atom is -0.768 e. The van der Waals surface area contributed by atoms with Crippen LogP contribution in [0, 0.1) is 0 Å². The van der Waals surface area contributed by atoms with Crippen molar-refractivity contribution in [2.75, 3.05) is 0 Å². The van der Waals surface area contributed by atoms with Gasteiger partial charge in [-0.25, -0.2) is 0 Å². The van der Waals surface area contributed by atoms with Crippen LogP contribution in [0.25, 0.3) is 0 Å². The SMILES string of the molecule is O=S([O-])c1cncc(C(F)(F)F)c1. The zero-order chi connectivity index (χ0) is 10.1. The lowest BCUT2D eigenvalue weighted by Crippen LogP contribution is -2.06. The van der Waals surface area contributed by atoms with Crippen LogP contribution in [-0.4, -0.2) is 13.7 Å². The summed E-state index contributed by atoms with van der Waals surface area (Å²) >= 11 is -2.69. The normalized spacial score (nSPS) is 14.2. The van der Waals surface area contributed by atoms with Crippen LogP contribution in [0.3, 0.4) is 0 Å². The molecule has 7 heteroatoms. The fourth-order valence-corrected chi connectivity index (χ4v) is 1.04. The summed E-state index contributed by atoms with van der Waals surface area (Å²) in [6.45, 7) is 0. The highest BCUT2D eigenvalue weighted by Crippen LogP contribution is 2.29. The van der Waals surface area contributed by atoms with E-state index >= 15 is 0 Å². The molecule has 0 saturated heterocycles. The zero-order valence-electron chi connectivity index (χ0n) is 6.04. The molecule has 1 rings (SSSR count). The molecule has 0 amide bonds. The first-order valence-electron chi connectivity index (χ1n) is 3.03. The van der Waals surface area contributed by atoms with Crippen molar-refractivity contribution in [2.24, 2.45) is 0 Å². The monoisotopic (exact) mass is 210 g/mol. The Morgan fingerprint density at radius 1 is 1.38 bits per heavy atom. The molecule has 0 aromatic carbocycles. The molecule has 1 atom stereocenters. The molecule has 13 heavy (non-hydrogen) atoms. The van der Waals surface area contributed by atoms with Crippen LogP contribution in [0.4, 0.5) is 13.2 Å². The van der Waals surface area contributed by atoms with Gasteiger partial charge >= 0.3 is 6.18 Å². The van der Waals surface area contributed by atoms with Crippen LogP contribution in [0.5, 0.6) is 0 Å². The van der Waals surface area contributed by atoms with Crippen molar-refractivity contribution in [3.8, 4) is 0 Å². The van der Waals surface area contributed by atoms with Crippen molar-refractivity contribution in [1.82, 2.24) is 4.98 Å². The van der Waals surface area contributed by atoms with Crippen LogP contribution >= 0.6 is 0 Å². The van der Waals surface area contributed by atoms with Crippen molar-refractivity contribution < 1.29 is 21.9 Å². The molecular weight excluding hydrogens is 207 g/mol. The van der Waals surface area contributed by atoms with Gasteiger partial charge in [-0.1, -0.05) is 0 Å². The largest absolute Gasteiger partial charge is 0.768 e. The summed E-state index contributed by atoms with van der Waals surface area (Å²) in [6, 6.07) is 0.524. The average Bonchev–Trinajstić information content (AvgIpc) is 2.03. The van der Waals surface area contributed by atoms with Gasteiger partial charge in [-0.05, 0) is 17.1 Å². The number of alkyl halides is 3. The molecular formula is C6H3F3NO2S-. The summed E-state index contributed by atoms with van der Waals surface area (Å²) in [5.41, 5.74) is -1.07. The molecule has 1 aromatic rings. The molecule has 0 bridgehead atoms. The smallest absolute Gasteiger partial charge is 0.417 e. The van der Waals surface area contributed by atoms with Gasteiger partial charge in [0.25, 0.3) is 0 Å². The Morgan fingerprint density at radius 2 is 2.00 bits per heavy atom. The zero-order valence-corrected chi connectivity index (χ0v) is 6.85. The first kappa shape index (κ1) is 10.1. The number of halogens is 3. The molecule has 0 spiro atoms. The van der Waals surface area contributed by atoms with E-state index in [-0.39, 0.29) is 0 Å². The molecule has 0 aliphatic rings. The van der Waals surface area contributed by atoms with Gasteiger partial charge in [0.05, 0.1) is 5.56 Å². The summed E-state index contributed by atoms with van der Waals surface area (Å²) in [5.74, 6) is 0. The van der Waals surface area contributed by atoms with Crippen LogP contribution in [0.2, 0.25) is 0 Å². The lowest BCUT2D eigenvalue weighted by Gasteiger charge is -2.08. The quantitative estimate of drug-likeness (QED) is 0.657. The van der Waals surface area contributed by atoms with E-state index in [1.54, 1.807) is 0 Å². The molecule has 0 aliphatic carbocycles. The molecule has 1 aromatic heterocycles. The van der Waals surface area contributed by atoms with E-state index in [1.165, 1.54) is 0 Å². The summed E-state index contributed by atoms with van der Waals surface area (Å²) in [5, 5.41) is 0. The van der Waals surface area contributed by atoms with E-state index in [1.807, 2.05) is 0 Å². The molecule has 0 aliphatic heterocycles. The van der Waals surface area contributed by atoms with Crippen LogP contribution in [0.15, 0.2) is 23.4 Å². The number of nitrogens with zero attached hydrogens (tertiary/aromatic N) is 1. The van der Waals surface area contributed by atoms with Gasteiger partial charge in [0.2, 0.25) is 0 Å². The Bertz CT molecular complexity index is 339. The maximum absolute atomic E-state index is 12.0. The third-order valence-electron chi connectivity index (χ3n) is 1.23. The number of rotatable bonds is 1. The lowest BCUT2D eigenvalue weighted by molar-refractivity contribution is -0.138. The van der Waals surface area contributed by atoms with Gasteiger partial charge < -0.3 is 4.55 Å². The number of hydrogen-bond donors (Lipinski definition) is 0. The molecule has 1 unspecified atom stereocenters. The van der Waals surface area contributed by atoms with Crippen LogP contribution in [0.1, 0.15) is 5.56 Å². The minimum absolute atomic E-state index is 0.477. The van der Waals surface area contributed by atoms with E-state index in [0.717, 1.165) is 6.20 Å². The van der Waals surface area contributed by atoms with E-state index in [2.05, 4.69) is 4.98 Å². The number of hydrogen-bond acceptors (Lipinski definition) is 3. The van der Waals surface area contributed by atoms with Crippen LogP contribution < -0.4 is 0 Å². The molecule has 72 valence electrons. The summed E-state index contributed by atoms with van der Waals surface area (Å²) in [4.78, 5) is 2.68. The predicted molar refractivity (Wildman–Crippen MR) is 36.4 cm³/mol. The number of aromatic nitrogens is 1. The Hall–Kier alpha value is -0.950. The second-order valence-electron chi connectivity index (χ2n) is 2.14. The molecule has 0 radical (unpaired) electrons. The van der Waals surface area contributed by atoms with Crippen molar-refractivity contribution in [3.05, 3.63) is 24.0 Å². The maximum atomic E-state index is 12.0. The highest BCUT2D eigenvalue weighted by molar-refractivity contribution is 7.79. The van der Waals surface area contributed by atoms with Crippen molar-refractivity contribution >= 4 is 11.1 Å². The summed E-state index contributed by atoms with van der Waals surface area (Å²) < 4.78 is 56.5. The second kappa shape index (κ2) is 3.43. The molecule has 0 N–H and O–H groups in total. The third kappa shape index (κ3) is 2.49. The Labute approximate surface area is 73.9 Å². The van der Waals surface area contributed by atoms with Gasteiger partial charge in [0.1, 0.15) is 0 Å². The summed E-state index contributed by atoms with van der Waals surface area (Å²) in [7, 11) is 0. The van der Waals surface area contributed by atoms with Gasteiger partial charge in [-0.3, -0.25) is 9.19 Å². The van der Waals surface area contributed by atoms with Gasteiger partial charge in [0, 0.05) is 17.3 Å². The van der Waals surface area contributed by atoms with Gasteiger partial charge in [-0.2, -0.15) is 13.2 Å². The van der Waals surface area contributed by atoms with E-state index in [4.69, 9.17) is 0 Å². The minimum atomic E-state index is -4.57. The summed E-state index contributed by atoms with van der Waals surface area (Å²) in [6.07, 6.45) is -3.16. The van der Waals surface area contributed by atoms with Crippen molar-refractivity contribution in [1.29, 1.82) is 0 Å². The Balaban J connectivity index is 3.13. The van der Waals surface area contributed by atoms with Gasteiger partial charge in [0.15, 0.2) is 0 Å². The van der Waals surface area contributed by atoms with Gasteiger partial charge in [-0.15, -0.1) is 0 Å². The molecule has 0 saturated carbocycles. The van der Waals surface area contributed by atoms with E-state index in [9.17, 15) is 21.9 Å². The van der Waals surface area contributed by atoms with Crippen molar-refractivity contribution in [2.45, 2.75) is 11.1 Å². The standard InChI is InChI=1S/C6H4F3NO2S/c7-6(8,9)4-1-5(13(11)12)3-10-2-4/h1-3H,(H,11,12)/p-1. The van der Waals surface area contributed by atoms with E-state index < -0.39 is 27.7 Å². The molecule has 1 heterocycles. The maximum Gasteiger partial charge on any atom is 0.417 e. The second-order valence-corrected chi connectivity index (χ2v) is 3.08. The fourth-order valence-electron chi connectivity index (χ4n) is 0.665. The highest BCUT2D eigenvalue weighted by Gasteiger charge is 2.31. The van der Waals surface area contributed by atoms with Crippen molar-refractivity contribution in [3.63, 3.8) is 0 Å². The Kier molecular flexibility index (Phi) is 2.67. The molecule has 0 fully saturated rings. The number of pyridine rings is 1. The average molecular weight is 210 g/mol. The highest BCUT2D eigenvalue weighted by atomic mass is 32.2. The topological polar surface area (TPSA) is 53.0 Å². The molecule has 3 nitrogen and oxygen atoms in total. The van der Waals surface area contributed by atoms with E-state index in [0.29, 0.717) is 12.3 Å². The Morgan fingerprint density at radius 3 is 2.46 bits per heavy atom.